The normalized spacial score (nSPS) is 12.5. The Morgan fingerprint density at radius 1 is 0.833 bits per heavy atom. The second-order valence-corrected chi connectivity index (χ2v) is 8.56. The molecule has 0 saturated carbocycles. The van der Waals surface area contributed by atoms with Gasteiger partial charge in [-0.05, 0) is 71.0 Å². The first-order valence-corrected chi connectivity index (χ1v) is 8.55. The van der Waals surface area contributed by atoms with Crippen molar-refractivity contribution in [3.05, 3.63) is 58.1 Å². The van der Waals surface area contributed by atoms with Gasteiger partial charge in [-0.25, -0.2) is 0 Å². The Bertz CT molecular complexity index is 749. The van der Waals surface area contributed by atoms with E-state index >= 15 is 0 Å². The van der Waals surface area contributed by atoms with E-state index in [1.165, 1.54) is 11.1 Å². The van der Waals surface area contributed by atoms with Gasteiger partial charge in [-0.15, -0.1) is 0 Å². The largest absolute Gasteiger partial charge is 0.508 e. The van der Waals surface area contributed by atoms with Gasteiger partial charge in [0.05, 0.1) is 0 Å². The molecular weight excluding hydrogens is 296 g/mol. The highest BCUT2D eigenvalue weighted by molar-refractivity contribution is 5.47. The Morgan fingerprint density at radius 2 is 1.46 bits per heavy atom. The lowest BCUT2D eigenvalue weighted by molar-refractivity contribution is 0.441. The number of hydrogen-bond donors (Lipinski definition) is 2. The molecular formula is C22H30O2. The molecule has 0 aromatic heterocycles. The van der Waals surface area contributed by atoms with Crippen LogP contribution >= 0.6 is 0 Å². The van der Waals surface area contributed by atoms with Crippen LogP contribution in [0.4, 0.5) is 0 Å². The van der Waals surface area contributed by atoms with Crippen LogP contribution in [-0.4, -0.2) is 10.2 Å². The number of phenolic OH excluding ortho intramolecular Hbond substituents is 2. The number of aromatic hydroxyl groups is 2. The van der Waals surface area contributed by atoms with Gasteiger partial charge in [-0.3, -0.25) is 0 Å². The summed E-state index contributed by atoms with van der Waals surface area (Å²) in [7, 11) is 0. The summed E-state index contributed by atoms with van der Waals surface area (Å²) < 4.78 is 0. The van der Waals surface area contributed by atoms with Crippen molar-refractivity contribution in [2.24, 2.45) is 0 Å². The van der Waals surface area contributed by atoms with Gasteiger partial charge in [-0.2, -0.15) is 0 Å². The summed E-state index contributed by atoms with van der Waals surface area (Å²) in [6.07, 6.45) is 0.717. The van der Waals surface area contributed by atoms with Crippen LogP contribution in [0, 0.1) is 13.8 Å². The molecule has 2 N–H and O–H groups in total. The number of rotatable bonds is 3. The molecule has 0 fully saturated rings. The van der Waals surface area contributed by atoms with Gasteiger partial charge in [0.2, 0.25) is 0 Å². The first-order valence-electron chi connectivity index (χ1n) is 8.55. The van der Waals surface area contributed by atoms with Gasteiger partial charge >= 0.3 is 0 Å². The van der Waals surface area contributed by atoms with Crippen molar-refractivity contribution < 1.29 is 10.2 Å². The van der Waals surface area contributed by atoms with Gasteiger partial charge in [0.25, 0.3) is 0 Å². The molecule has 24 heavy (non-hydrogen) atoms. The van der Waals surface area contributed by atoms with Crippen molar-refractivity contribution in [2.75, 3.05) is 0 Å². The number of hydrogen-bond acceptors (Lipinski definition) is 2. The average Bonchev–Trinajstić information content (AvgIpc) is 2.43. The molecule has 2 nitrogen and oxygen atoms in total. The highest BCUT2D eigenvalue weighted by atomic mass is 16.3. The van der Waals surface area contributed by atoms with Crippen molar-refractivity contribution in [2.45, 2.75) is 65.7 Å². The first-order chi connectivity index (χ1) is 10.9. The summed E-state index contributed by atoms with van der Waals surface area (Å²) in [5.74, 6) is 0.681. The Labute approximate surface area is 146 Å². The number of benzene rings is 2. The second kappa shape index (κ2) is 6.16. The van der Waals surface area contributed by atoms with E-state index in [1.54, 1.807) is 6.07 Å². The maximum atomic E-state index is 10.6. The molecule has 2 rings (SSSR count). The summed E-state index contributed by atoms with van der Waals surface area (Å²) in [4.78, 5) is 0. The lowest BCUT2D eigenvalue weighted by atomic mass is 9.75. The van der Waals surface area contributed by atoms with Crippen molar-refractivity contribution in [1.82, 2.24) is 0 Å². The molecule has 0 aliphatic carbocycles. The van der Waals surface area contributed by atoms with E-state index < -0.39 is 0 Å². The number of aryl methyl sites for hydroxylation is 1. The van der Waals surface area contributed by atoms with E-state index in [0.29, 0.717) is 17.9 Å². The van der Waals surface area contributed by atoms with Crippen LogP contribution in [0.1, 0.15) is 62.4 Å². The molecule has 0 bridgehead atoms. The molecule has 0 aliphatic rings. The van der Waals surface area contributed by atoms with Crippen LogP contribution in [0.3, 0.4) is 0 Å². The summed E-state index contributed by atoms with van der Waals surface area (Å²) in [5, 5.41) is 20.6. The SMILES string of the molecule is Cc1cc(CC(C)(C)c2cccc(O)c2C)c(O)cc1C(C)(C)C. The van der Waals surface area contributed by atoms with Gasteiger partial charge in [0, 0.05) is 0 Å². The smallest absolute Gasteiger partial charge is 0.119 e. The summed E-state index contributed by atoms with van der Waals surface area (Å²) >= 11 is 0. The molecule has 2 heteroatoms. The third-order valence-electron chi connectivity index (χ3n) is 4.90. The van der Waals surface area contributed by atoms with Crippen molar-refractivity contribution in [3.8, 4) is 11.5 Å². The van der Waals surface area contributed by atoms with E-state index in [4.69, 9.17) is 0 Å². The standard InChI is InChI=1S/C22H30O2/c1-14-11-16(20(24)12-18(14)21(3,4)5)13-22(6,7)17-9-8-10-19(23)15(17)2/h8-12,23-24H,13H2,1-7H3. The third kappa shape index (κ3) is 3.58. The van der Waals surface area contributed by atoms with Crippen LogP contribution < -0.4 is 0 Å². The highest BCUT2D eigenvalue weighted by Crippen LogP contribution is 2.37. The monoisotopic (exact) mass is 326 g/mol. The van der Waals surface area contributed by atoms with Gasteiger partial charge < -0.3 is 10.2 Å². The molecule has 0 amide bonds. The Hall–Kier alpha value is -1.96. The van der Waals surface area contributed by atoms with E-state index in [0.717, 1.165) is 16.7 Å². The Kier molecular flexibility index (Phi) is 4.72. The van der Waals surface area contributed by atoms with E-state index in [-0.39, 0.29) is 10.8 Å². The molecule has 0 aliphatic heterocycles. The van der Waals surface area contributed by atoms with Crippen molar-refractivity contribution >= 4 is 0 Å². The highest BCUT2D eigenvalue weighted by Gasteiger charge is 2.26. The van der Waals surface area contributed by atoms with Crippen LogP contribution in [0.15, 0.2) is 30.3 Å². The van der Waals surface area contributed by atoms with Crippen LogP contribution in [0.25, 0.3) is 0 Å². The third-order valence-corrected chi connectivity index (χ3v) is 4.90. The summed E-state index contributed by atoms with van der Waals surface area (Å²) in [5.41, 5.74) is 5.18. The number of phenols is 2. The van der Waals surface area contributed by atoms with Crippen LogP contribution in [0.5, 0.6) is 11.5 Å². The lowest BCUT2D eigenvalue weighted by Crippen LogP contribution is -2.22. The summed E-state index contributed by atoms with van der Waals surface area (Å²) in [6, 6.07) is 9.68. The molecule has 2 aromatic carbocycles. The van der Waals surface area contributed by atoms with Gasteiger partial charge in [0.1, 0.15) is 11.5 Å². The zero-order valence-electron chi connectivity index (χ0n) is 16.0. The Morgan fingerprint density at radius 3 is 2.04 bits per heavy atom. The molecule has 0 unspecified atom stereocenters. The molecule has 0 radical (unpaired) electrons. The van der Waals surface area contributed by atoms with Crippen molar-refractivity contribution in [1.29, 1.82) is 0 Å². The minimum Gasteiger partial charge on any atom is -0.508 e. The van der Waals surface area contributed by atoms with E-state index in [1.807, 2.05) is 19.1 Å². The lowest BCUT2D eigenvalue weighted by Gasteiger charge is -2.29. The minimum atomic E-state index is -0.185. The van der Waals surface area contributed by atoms with E-state index in [2.05, 4.69) is 53.7 Å². The van der Waals surface area contributed by atoms with Gasteiger partial charge in [-0.1, -0.05) is 52.8 Å². The quantitative estimate of drug-likeness (QED) is 0.778. The predicted octanol–water partition coefficient (Wildman–Crippen LogP) is 5.53. The van der Waals surface area contributed by atoms with Crippen molar-refractivity contribution in [3.63, 3.8) is 0 Å². The first kappa shape index (κ1) is 18.4. The molecule has 0 spiro atoms. The molecule has 0 atom stereocenters. The fourth-order valence-corrected chi connectivity index (χ4v) is 3.63. The topological polar surface area (TPSA) is 40.5 Å². The predicted molar refractivity (Wildman–Crippen MR) is 101 cm³/mol. The second-order valence-electron chi connectivity index (χ2n) is 8.56. The maximum Gasteiger partial charge on any atom is 0.119 e. The van der Waals surface area contributed by atoms with E-state index in [9.17, 15) is 10.2 Å². The van der Waals surface area contributed by atoms with Gasteiger partial charge in [0.15, 0.2) is 0 Å². The minimum absolute atomic E-state index is 0.0113. The van der Waals surface area contributed by atoms with Crippen LogP contribution in [0.2, 0.25) is 0 Å². The molecule has 0 saturated heterocycles. The molecule has 0 heterocycles. The van der Waals surface area contributed by atoms with Crippen LogP contribution in [-0.2, 0) is 17.3 Å². The molecule has 130 valence electrons. The molecule has 2 aromatic rings. The fraction of sp³-hybridized carbons (Fsp3) is 0.455. The maximum absolute atomic E-state index is 10.6. The summed E-state index contributed by atoms with van der Waals surface area (Å²) in [6.45, 7) is 14.8. The average molecular weight is 326 g/mol. The Balaban J connectivity index is 2.43. The zero-order chi connectivity index (χ0) is 18.3. The fourth-order valence-electron chi connectivity index (χ4n) is 3.63. The zero-order valence-corrected chi connectivity index (χ0v) is 16.0.